The van der Waals surface area contributed by atoms with Crippen molar-refractivity contribution in [2.24, 2.45) is 0 Å². The molecule has 1 aromatic heterocycles. The van der Waals surface area contributed by atoms with Crippen LogP contribution >= 0.6 is 0 Å². The molecule has 2 aromatic carbocycles. The molecule has 0 bridgehead atoms. The first-order chi connectivity index (χ1) is 14.3. The zero-order chi connectivity index (χ0) is 21.7. The van der Waals surface area contributed by atoms with Crippen LogP contribution in [0, 0.1) is 0 Å². The number of rotatable bonds is 8. The van der Waals surface area contributed by atoms with Crippen LogP contribution in [0.5, 0.6) is 0 Å². The van der Waals surface area contributed by atoms with Crippen molar-refractivity contribution in [2.75, 3.05) is 10.0 Å². The Balaban J connectivity index is 1.65. The SMILES string of the molecule is CC[C@H](C)c1ccc(S(=O)(=O)Nc2ccc(NC(=O)[C@H](C)n3cncn3)cc2)cc1. The quantitative estimate of drug-likeness (QED) is 0.569. The molecule has 0 aliphatic heterocycles. The Bertz CT molecular complexity index is 1080. The summed E-state index contributed by atoms with van der Waals surface area (Å²) in [6.07, 6.45) is 3.82. The largest absolute Gasteiger partial charge is 0.324 e. The summed E-state index contributed by atoms with van der Waals surface area (Å²) < 4.78 is 29.3. The van der Waals surface area contributed by atoms with Gasteiger partial charge in [0.05, 0.1) is 4.90 Å². The lowest BCUT2D eigenvalue weighted by atomic mass is 9.99. The normalized spacial score (nSPS) is 13.4. The fraction of sp³-hybridized carbons (Fsp3) is 0.286. The van der Waals surface area contributed by atoms with Crippen LogP contribution in [0.3, 0.4) is 0 Å². The van der Waals surface area contributed by atoms with Crippen molar-refractivity contribution in [3.63, 3.8) is 0 Å². The molecule has 0 saturated heterocycles. The van der Waals surface area contributed by atoms with Crippen molar-refractivity contribution in [2.45, 2.75) is 44.0 Å². The van der Waals surface area contributed by atoms with Crippen LogP contribution in [0.4, 0.5) is 11.4 Å². The summed E-state index contributed by atoms with van der Waals surface area (Å²) in [6, 6.07) is 12.9. The van der Waals surface area contributed by atoms with Crippen LogP contribution < -0.4 is 10.0 Å². The summed E-state index contributed by atoms with van der Waals surface area (Å²) in [6.45, 7) is 5.91. The van der Waals surface area contributed by atoms with Crippen molar-refractivity contribution in [1.82, 2.24) is 14.8 Å². The van der Waals surface area contributed by atoms with Crippen molar-refractivity contribution in [1.29, 1.82) is 0 Å². The zero-order valence-electron chi connectivity index (χ0n) is 17.1. The highest BCUT2D eigenvalue weighted by Crippen LogP contribution is 2.23. The molecular formula is C21H25N5O3S. The molecule has 3 rings (SSSR count). The lowest BCUT2D eigenvalue weighted by Crippen LogP contribution is -2.24. The van der Waals surface area contributed by atoms with Gasteiger partial charge in [0.2, 0.25) is 5.91 Å². The molecule has 0 radical (unpaired) electrons. The molecule has 0 aliphatic rings. The van der Waals surface area contributed by atoms with Gasteiger partial charge in [-0.2, -0.15) is 5.10 Å². The molecule has 2 N–H and O–H groups in total. The summed E-state index contributed by atoms with van der Waals surface area (Å²) >= 11 is 0. The van der Waals surface area contributed by atoms with E-state index in [1.54, 1.807) is 43.3 Å². The summed E-state index contributed by atoms with van der Waals surface area (Å²) in [5.41, 5.74) is 2.06. The topological polar surface area (TPSA) is 106 Å². The summed E-state index contributed by atoms with van der Waals surface area (Å²) in [5, 5.41) is 6.72. The van der Waals surface area contributed by atoms with Crippen LogP contribution in [-0.4, -0.2) is 29.1 Å². The van der Waals surface area contributed by atoms with E-state index in [2.05, 4.69) is 34.0 Å². The van der Waals surface area contributed by atoms with Crippen LogP contribution in [0.15, 0.2) is 66.1 Å². The maximum Gasteiger partial charge on any atom is 0.261 e. The first-order valence-corrected chi connectivity index (χ1v) is 11.2. The van der Waals surface area contributed by atoms with Gasteiger partial charge in [0, 0.05) is 11.4 Å². The lowest BCUT2D eigenvalue weighted by molar-refractivity contribution is -0.119. The molecule has 0 spiro atoms. The lowest BCUT2D eigenvalue weighted by Gasteiger charge is -2.13. The van der Waals surface area contributed by atoms with E-state index in [1.165, 1.54) is 17.3 Å². The van der Waals surface area contributed by atoms with Gasteiger partial charge in [0.1, 0.15) is 18.7 Å². The molecule has 1 amide bonds. The van der Waals surface area contributed by atoms with E-state index in [9.17, 15) is 13.2 Å². The molecule has 8 nitrogen and oxygen atoms in total. The van der Waals surface area contributed by atoms with Crippen LogP contribution in [-0.2, 0) is 14.8 Å². The number of benzene rings is 2. The third-order valence-corrected chi connectivity index (χ3v) is 6.39. The van der Waals surface area contributed by atoms with E-state index in [0.29, 0.717) is 17.3 Å². The summed E-state index contributed by atoms with van der Waals surface area (Å²) in [4.78, 5) is 16.3. The maximum atomic E-state index is 12.6. The maximum absolute atomic E-state index is 12.6. The second kappa shape index (κ2) is 9.08. The monoisotopic (exact) mass is 427 g/mol. The Morgan fingerprint density at radius 3 is 2.23 bits per heavy atom. The number of carbonyl (C=O) groups excluding carboxylic acids is 1. The van der Waals surface area contributed by atoms with E-state index in [4.69, 9.17) is 0 Å². The van der Waals surface area contributed by atoms with Gasteiger partial charge in [0.25, 0.3) is 10.0 Å². The van der Waals surface area contributed by atoms with E-state index < -0.39 is 16.1 Å². The van der Waals surface area contributed by atoms with Crippen molar-refractivity contribution in [3.05, 3.63) is 66.7 Å². The molecule has 1 heterocycles. The predicted octanol–water partition coefficient (Wildman–Crippen LogP) is 3.79. The Labute approximate surface area is 176 Å². The van der Waals surface area contributed by atoms with Gasteiger partial charge < -0.3 is 5.32 Å². The Morgan fingerprint density at radius 1 is 1.03 bits per heavy atom. The standard InChI is InChI=1S/C21H25N5O3S/c1-4-15(2)17-5-11-20(12-6-17)30(28,29)25-19-9-7-18(8-10-19)24-21(27)16(3)26-14-22-13-23-26/h5-16,25H,4H2,1-3H3,(H,24,27)/t15-,16-/m0/s1. The number of anilines is 2. The van der Waals surface area contributed by atoms with Crippen molar-refractivity contribution < 1.29 is 13.2 Å². The number of hydrogen-bond acceptors (Lipinski definition) is 5. The molecule has 2 atom stereocenters. The summed E-state index contributed by atoms with van der Waals surface area (Å²) in [5.74, 6) is 0.125. The fourth-order valence-electron chi connectivity index (χ4n) is 2.83. The molecule has 3 aromatic rings. The van der Waals surface area contributed by atoms with E-state index in [-0.39, 0.29) is 10.8 Å². The second-order valence-electron chi connectivity index (χ2n) is 7.10. The van der Waals surface area contributed by atoms with Crippen LogP contribution in [0.25, 0.3) is 0 Å². The molecule has 158 valence electrons. The van der Waals surface area contributed by atoms with Crippen molar-refractivity contribution >= 4 is 27.3 Å². The number of nitrogens with one attached hydrogen (secondary N) is 2. The minimum Gasteiger partial charge on any atom is -0.324 e. The van der Waals surface area contributed by atoms with Crippen LogP contribution in [0.1, 0.15) is 44.7 Å². The number of carbonyl (C=O) groups is 1. The van der Waals surface area contributed by atoms with E-state index in [1.807, 2.05) is 12.1 Å². The molecule has 0 fully saturated rings. The van der Waals surface area contributed by atoms with E-state index in [0.717, 1.165) is 12.0 Å². The average Bonchev–Trinajstić information content (AvgIpc) is 3.28. The zero-order valence-corrected chi connectivity index (χ0v) is 17.9. The van der Waals surface area contributed by atoms with Gasteiger partial charge in [0.15, 0.2) is 0 Å². The third kappa shape index (κ3) is 5.04. The van der Waals surface area contributed by atoms with Gasteiger partial charge in [-0.15, -0.1) is 0 Å². The third-order valence-electron chi connectivity index (χ3n) is 4.99. The molecule has 0 aliphatic carbocycles. The highest BCUT2D eigenvalue weighted by molar-refractivity contribution is 7.92. The Kier molecular flexibility index (Phi) is 6.51. The smallest absolute Gasteiger partial charge is 0.261 e. The van der Waals surface area contributed by atoms with Gasteiger partial charge >= 0.3 is 0 Å². The number of aromatic nitrogens is 3. The van der Waals surface area contributed by atoms with Gasteiger partial charge in [-0.05, 0) is 61.2 Å². The minimum atomic E-state index is -3.70. The minimum absolute atomic E-state index is 0.202. The van der Waals surface area contributed by atoms with Crippen molar-refractivity contribution in [3.8, 4) is 0 Å². The fourth-order valence-corrected chi connectivity index (χ4v) is 3.89. The highest BCUT2D eigenvalue weighted by Gasteiger charge is 2.17. The molecular weight excluding hydrogens is 402 g/mol. The first kappa shape index (κ1) is 21.5. The first-order valence-electron chi connectivity index (χ1n) is 9.68. The van der Waals surface area contributed by atoms with Crippen LogP contribution in [0.2, 0.25) is 0 Å². The second-order valence-corrected chi connectivity index (χ2v) is 8.78. The molecule has 0 saturated carbocycles. The number of hydrogen-bond donors (Lipinski definition) is 2. The molecule has 30 heavy (non-hydrogen) atoms. The Hall–Kier alpha value is -3.20. The van der Waals surface area contributed by atoms with Gasteiger partial charge in [-0.3, -0.25) is 9.52 Å². The van der Waals surface area contributed by atoms with Gasteiger partial charge in [-0.25, -0.2) is 18.1 Å². The Morgan fingerprint density at radius 2 is 1.67 bits per heavy atom. The van der Waals surface area contributed by atoms with E-state index >= 15 is 0 Å². The predicted molar refractivity (Wildman–Crippen MR) is 116 cm³/mol. The van der Waals surface area contributed by atoms with Gasteiger partial charge in [-0.1, -0.05) is 26.0 Å². The number of sulfonamides is 1. The number of amides is 1. The highest BCUT2D eigenvalue weighted by atomic mass is 32.2. The molecule has 9 heteroatoms. The molecule has 0 unspecified atom stereocenters. The summed E-state index contributed by atoms with van der Waals surface area (Å²) in [7, 11) is -3.70. The number of nitrogens with zero attached hydrogens (tertiary/aromatic N) is 3. The average molecular weight is 428 g/mol.